The van der Waals surface area contributed by atoms with Crippen molar-refractivity contribution >= 4 is 40.9 Å². The first kappa shape index (κ1) is 23.8. The van der Waals surface area contributed by atoms with Crippen molar-refractivity contribution in [2.45, 2.75) is 25.0 Å². The summed E-state index contributed by atoms with van der Waals surface area (Å²) in [6.07, 6.45) is -2.73. The Morgan fingerprint density at radius 3 is 1.93 bits per heavy atom. The number of aliphatic hydroxyl groups excluding tert-OH is 1. The highest BCUT2D eigenvalue weighted by Gasteiger charge is 2.46. The van der Waals surface area contributed by atoms with Crippen LogP contribution in [-0.4, -0.2) is 52.9 Å². The van der Waals surface area contributed by atoms with Gasteiger partial charge in [-0.15, -0.1) is 0 Å². The van der Waals surface area contributed by atoms with Crippen molar-refractivity contribution in [3.63, 3.8) is 0 Å². The molecule has 0 aliphatic heterocycles. The smallest absolute Gasteiger partial charge is 0.338 e. The van der Waals surface area contributed by atoms with Gasteiger partial charge in [0, 0.05) is 15.6 Å². The Morgan fingerprint density at radius 2 is 1.43 bits per heavy atom. The van der Waals surface area contributed by atoms with Gasteiger partial charge in [-0.25, -0.2) is 4.79 Å². The van der Waals surface area contributed by atoms with E-state index in [1.807, 2.05) is 0 Å². The molecule has 0 heterocycles. The lowest BCUT2D eigenvalue weighted by molar-refractivity contribution is -0.152. The second kappa shape index (κ2) is 10.5. The predicted molar refractivity (Wildman–Crippen MR) is 110 cm³/mol. The molecule has 2 aromatic carbocycles. The zero-order valence-electron chi connectivity index (χ0n) is 16.0. The van der Waals surface area contributed by atoms with Crippen molar-refractivity contribution in [2.24, 2.45) is 0 Å². The van der Waals surface area contributed by atoms with Crippen LogP contribution in [0.2, 0.25) is 10.0 Å². The third-order valence-electron chi connectivity index (χ3n) is 4.22. The quantitative estimate of drug-likeness (QED) is 0.442. The summed E-state index contributed by atoms with van der Waals surface area (Å²) in [6.45, 7) is 0.838. The normalized spacial score (nSPS) is 13.8. The second-order valence-corrected chi connectivity index (χ2v) is 7.24. The summed E-state index contributed by atoms with van der Waals surface area (Å²) in [4.78, 5) is 37.0. The maximum absolute atomic E-state index is 12.9. The maximum atomic E-state index is 12.9. The average Bonchev–Trinajstić information content (AvgIpc) is 2.72. The van der Waals surface area contributed by atoms with Crippen LogP contribution in [-0.2, 0) is 14.3 Å². The van der Waals surface area contributed by atoms with Gasteiger partial charge in [-0.1, -0.05) is 23.2 Å². The van der Waals surface area contributed by atoms with Crippen LogP contribution >= 0.6 is 23.2 Å². The number of Topliss-reactive ketones (excluding diaryl/α,β-unsaturated/α-hetero) is 1. The Morgan fingerprint density at radius 1 is 0.933 bits per heavy atom. The summed E-state index contributed by atoms with van der Waals surface area (Å²) >= 11 is 11.6. The van der Waals surface area contributed by atoms with Gasteiger partial charge in [0.25, 0.3) is 0 Å². The summed E-state index contributed by atoms with van der Waals surface area (Å²) in [5.74, 6) is -2.64. The Bertz CT molecular complexity index is 897. The number of hydrogen-bond donors (Lipinski definition) is 2. The molecule has 0 fully saturated rings. The minimum Gasteiger partial charge on any atom is -0.466 e. The van der Waals surface area contributed by atoms with E-state index >= 15 is 0 Å². The second-order valence-electron chi connectivity index (χ2n) is 6.36. The first-order chi connectivity index (χ1) is 14.2. The van der Waals surface area contributed by atoms with Crippen LogP contribution in [0.5, 0.6) is 0 Å². The van der Waals surface area contributed by atoms with Gasteiger partial charge in [0.1, 0.15) is 12.7 Å². The fourth-order valence-electron chi connectivity index (χ4n) is 2.59. The van der Waals surface area contributed by atoms with Crippen molar-refractivity contribution < 1.29 is 34.1 Å². The van der Waals surface area contributed by atoms with Gasteiger partial charge in [-0.2, -0.15) is 0 Å². The molecule has 9 heteroatoms. The molecule has 2 N–H and O–H groups in total. The Labute approximate surface area is 183 Å². The van der Waals surface area contributed by atoms with Gasteiger partial charge in [-0.3, -0.25) is 9.59 Å². The van der Waals surface area contributed by atoms with E-state index < -0.39 is 42.5 Å². The number of rotatable bonds is 9. The van der Waals surface area contributed by atoms with Gasteiger partial charge in [0.05, 0.1) is 18.6 Å². The Balaban J connectivity index is 2.20. The molecule has 0 radical (unpaired) electrons. The Kier molecular flexibility index (Phi) is 8.37. The van der Waals surface area contributed by atoms with Crippen molar-refractivity contribution in [1.82, 2.24) is 0 Å². The van der Waals surface area contributed by atoms with E-state index in [1.165, 1.54) is 48.5 Å². The first-order valence-electron chi connectivity index (χ1n) is 8.96. The fraction of sp³-hybridized carbons (Fsp3) is 0.286. The van der Waals surface area contributed by atoms with Gasteiger partial charge < -0.3 is 19.7 Å². The summed E-state index contributed by atoms with van der Waals surface area (Å²) in [6, 6.07) is 11.3. The number of carbonyl (C=O) groups is 3. The lowest BCUT2D eigenvalue weighted by Gasteiger charge is -2.30. The first-order valence-corrected chi connectivity index (χ1v) is 9.72. The van der Waals surface area contributed by atoms with Gasteiger partial charge >= 0.3 is 11.9 Å². The third-order valence-corrected chi connectivity index (χ3v) is 4.73. The minimum absolute atomic E-state index is 0.00859. The average molecular weight is 455 g/mol. The molecule has 30 heavy (non-hydrogen) atoms. The number of ether oxygens (including phenoxy) is 2. The number of benzene rings is 2. The highest BCUT2D eigenvalue weighted by atomic mass is 35.5. The van der Waals surface area contributed by atoms with Crippen molar-refractivity contribution in [3.8, 4) is 0 Å². The maximum Gasteiger partial charge on any atom is 0.338 e. The van der Waals surface area contributed by atoms with Crippen molar-refractivity contribution in [2.75, 3.05) is 13.2 Å². The number of halogens is 2. The zero-order chi connectivity index (χ0) is 22.3. The molecule has 0 aromatic heterocycles. The monoisotopic (exact) mass is 454 g/mol. The van der Waals surface area contributed by atoms with E-state index in [0.29, 0.717) is 10.0 Å². The summed E-state index contributed by atoms with van der Waals surface area (Å²) in [5, 5.41) is 22.2. The van der Waals surface area contributed by atoms with E-state index in [9.17, 15) is 24.6 Å². The highest BCUT2D eigenvalue weighted by molar-refractivity contribution is 6.31. The standard InChI is InChI=1S/C21H20Cl2O7/c1-2-29-18(25)11-21(28,19(26)13-3-7-15(22)8-4-13)17(24)12-30-20(27)14-5-9-16(23)10-6-14/h3-10,17,24,28H,2,11-12H2,1H3/t17-,21+/m1/s1. The lowest BCUT2D eigenvalue weighted by Crippen LogP contribution is -2.53. The summed E-state index contributed by atoms with van der Waals surface area (Å²) in [5.41, 5.74) is -2.42. The molecule has 0 aliphatic rings. The molecule has 2 atom stereocenters. The number of aliphatic hydroxyl groups is 2. The zero-order valence-corrected chi connectivity index (χ0v) is 17.5. The molecule has 0 saturated carbocycles. The molecular formula is C21H20Cl2O7. The van der Waals surface area contributed by atoms with Crippen LogP contribution in [0.4, 0.5) is 0 Å². The molecule has 2 rings (SSSR count). The minimum atomic E-state index is -2.58. The molecule has 0 saturated heterocycles. The number of esters is 2. The summed E-state index contributed by atoms with van der Waals surface area (Å²) < 4.78 is 9.80. The van der Waals surface area contributed by atoms with E-state index in [1.54, 1.807) is 6.92 Å². The van der Waals surface area contributed by atoms with Crippen LogP contribution in [0, 0.1) is 0 Å². The number of hydrogen-bond acceptors (Lipinski definition) is 7. The predicted octanol–water partition coefficient (Wildman–Crippen LogP) is 3.08. The van der Waals surface area contributed by atoms with E-state index in [-0.39, 0.29) is 17.7 Å². The number of ketones is 1. The van der Waals surface area contributed by atoms with Crippen LogP contribution in [0.15, 0.2) is 48.5 Å². The molecule has 0 aliphatic carbocycles. The van der Waals surface area contributed by atoms with Crippen LogP contribution in [0.3, 0.4) is 0 Å². The third kappa shape index (κ3) is 6.03. The molecule has 0 bridgehead atoms. The molecule has 2 aromatic rings. The van der Waals surface area contributed by atoms with Crippen molar-refractivity contribution in [1.29, 1.82) is 0 Å². The lowest BCUT2D eigenvalue weighted by atomic mass is 9.85. The fourth-order valence-corrected chi connectivity index (χ4v) is 2.85. The topological polar surface area (TPSA) is 110 Å². The van der Waals surface area contributed by atoms with E-state index in [4.69, 9.17) is 32.7 Å². The number of carbonyl (C=O) groups excluding carboxylic acids is 3. The van der Waals surface area contributed by atoms with Crippen LogP contribution in [0.1, 0.15) is 34.1 Å². The van der Waals surface area contributed by atoms with E-state index in [0.717, 1.165) is 0 Å². The molecule has 7 nitrogen and oxygen atoms in total. The van der Waals surface area contributed by atoms with Crippen LogP contribution < -0.4 is 0 Å². The SMILES string of the molecule is CCOC(=O)C[C@@](O)(C(=O)c1ccc(Cl)cc1)[C@H](O)COC(=O)c1ccc(Cl)cc1. The molecule has 160 valence electrons. The molecule has 0 spiro atoms. The van der Waals surface area contributed by atoms with Gasteiger partial charge in [0.2, 0.25) is 0 Å². The Hall–Kier alpha value is -2.45. The van der Waals surface area contributed by atoms with E-state index in [2.05, 4.69) is 0 Å². The van der Waals surface area contributed by atoms with Crippen LogP contribution in [0.25, 0.3) is 0 Å². The van der Waals surface area contributed by atoms with Gasteiger partial charge in [-0.05, 0) is 55.5 Å². The largest absolute Gasteiger partial charge is 0.466 e. The molecule has 0 unspecified atom stereocenters. The summed E-state index contributed by atoms with van der Waals surface area (Å²) in [7, 11) is 0. The molecular weight excluding hydrogens is 435 g/mol. The van der Waals surface area contributed by atoms with Crippen molar-refractivity contribution in [3.05, 3.63) is 69.7 Å². The molecule has 0 amide bonds. The highest BCUT2D eigenvalue weighted by Crippen LogP contribution is 2.25. The van der Waals surface area contributed by atoms with Gasteiger partial charge in [0.15, 0.2) is 11.4 Å².